The first-order valence-electron chi connectivity index (χ1n) is 5.74. The molecule has 2 rings (SSSR count). The van der Waals surface area contributed by atoms with Crippen LogP contribution < -0.4 is 5.32 Å². The summed E-state index contributed by atoms with van der Waals surface area (Å²) in [7, 11) is 0. The van der Waals surface area contributed by atoms with Crippen LogP contribution in [0.3, 0.4) is 0 Å². The van der Waals surface area contributed by atoms with Gasteiger partial charge < -0.3 is 10.4 Å². The molecule has 7 nitrogen and oxygen atoms in total. The van der Waals surface area contributed by atoms with Gasteiger partial charge in [-0.1, -0.05) is 11.6 Å². The summed E-state index contributed by atoms with van der Waals surface area (Å²) < 4.78 is 0. The summed E-state index contributed by atoms with van der Waals surface area (Å²) in [6.45, 7) is 2.03. The summed E-state index contributed by atoms with van der Waals surface area (Å²) in [5.41, 5.74) is 1.15. The topological polar surface area (TPSA) is 105 Å². The number of nitrogens with one attached hydrogen (secondary N) is 1. The molecule has 0 unspecified atom stereocenters. The highest BCUT2D eigenvalue weighted by atomic mass is 35.5. The van der Waals surface area contributed by atoms with Gasteiger partial charge in [0.05, 0.1) is 11.5 Å². The van der Waals surface area contributed by atoms with Gasteiger partial charge in [0.15, 0.2) is 5.69 Å². The number of nitro benzene ring substituents is 1. The number of hydrogen-bond donors (Lipinski definition) is 2. The predicted molar refractivity (Wildman–Crippen MR) is 79.2 cm³/mol. The average Bonchev–Trinajstić information content (AvgIpc) is 2.88. The van der Waals surface area contributed by atoms with Crippen LogP contribution in [0.5, 0.6) is 0 Å². The Kier molecular flexibility index (Phi) is 4.39. The third-order valence-corrected chi connectivity index (χ3v) is 3.84. The molecule has 9 heteroatoms. The second-order valence-corrected chi connectivity index (χ2v) is 5.51. The number of aromatic nitrogens is 1. The first-order chi connectivity index (χ1) is 9.88. The third-order valence-electron chi connectivity index (χ3n) is 2.69. The van der Waals surface area contributed by atoms with Crippen molar-refractivity contribution in [3.8, 4) is 0 Å². The second-order valence-electron chi connectivity index (χ2n) is 4.16. The van der Waals surface area contributed by atoms with Crippen LogP contribution in [0.4, 0.5) is 11.4 Å². The van der Waals surface area contributed by atoms with Gasteiger partial charge in [0.25, 0.3) is 5.69 Å². The molecule has 0 atom stereocenters. The zero-order chi connectivity index (χ0) is 15.6. The number of nitro groups is 1. The molecule has 0 spiro atoms. The van der Waals surface area contributed by atoms with Crippen molar-refractivity contribution in [2.24, 2.45) is 0 Å². The number of aromatic carboxylic acids is 1. The minimum Gasteiger partial charge on any atom is -0.476 e. The molecule has 110 valence electrons. The molecule has 0 amide bonds. The van der Waals surface area contributed by atoms with Crippen LogP contribution >= 0.6 is 22.9 Å². The van der Waals surface area contributed by atoms with E-state index in [2.05, 4.69) is 10.3 Å². The van der Waals surface area contributed by atoms with Gasteiger partial charge in [-0.25, -0.2) is 9.78 Å². The van der Waals surface area contributed by atoms with E-state index in [4.69, 9.17) is 16.7 Å². The SMILES string of the molecule is Cc1cc([N+](=O)[O-])c(Cl)cc1NCc1nc(C(=O)O)cs1. The molecule has 0 fully saturated rings. The maximum atomic E-state index is 10.8. The summed E-state index contributed by atoms with van der Waals surface area (Å²) in [5.74, 6) is -1.08. The molecule has 0 saturated heterocycles. The Morgan fingerprint density at radius 3 is 2.86 bits per heavy atom. The van der Waals surface area contributed by atoms with Crippen molar-refractivity contribution in [3.05, 3.63) is 48.9 Å². The van der Waals surface area contributed by atoms with Gasteiger partial charge in [-0.15, -0.1) is 11.3 Å². The highest BCUT2D eigenvalue weighted by Crippen LogP contribution is 2.30. The molecule has 0 saturated carbocycles. The van der Waals surface area contributed by atoms with Crippen LogP contribution in [0.1, 0.15) is 21.1 Å². The smallest absolute Gasteiger partial charge is 0.355 e. The van der Waals surface area contributed by atoms with Gasteiger partial charge in [0.2, 0.25) is 0 Å². The third kappa shape index (κ3) is 3.47. The van der Waals surface area contributed by atoms with E-state index in [0.29, 0.717) is 22.8 Å². The molecule has 0 aliphatic heterocycles. The molecule has 0 bridgehead atoms. The van der Waals surface area contributed by atoms with Crippen LogP contribution in [0.25, 0.3) is 0 Å². The highest BCUT2D eigenvalue weighted by molar-refractivity contribution is 7.09. The lowest BCUT2D eigenvalue weighted by molar-refractivity contribution is -0.384. The lowest BCUT2D eigenvalue weighted by Gasteiger charge is -2.08. The van der Waals surface area contributed by atoms with Crippen molar-refractivity contribution >= 4 is 40.3 Å². The number of carboxylic acids is 1. The normalized spacial score (nSPS) is 10.4. The zero-order valence-corrected chi connectivity index (χ0v) is 12.4. The van der Waals surface area contributed by atoms with Crippen LogP contribution in [0, 0.1) is 17.0 Å². The van der Waals surface area contributed by atoms with Gasteiger partial charge in [-0.05, 0) is 18.6 Å². The van der Waals surface area contributed by atoms with E-state index < -0.39 is 10.9 Å². The maximum absolute atomic E-state index is 10.8. The molecular weight excluding hydrogens is 318 g/mol. The Morgan fingerprint density at radius 1 is 1.57 bits per heavy atom. The number of aryl methyl sites for hydroxylation is 1. The van der Waals surface area contributed by atoms with Gasteiger partial charge in [0, 0.05) is 17.1 Å². The number of anilines is 1. The van der Waals surface area contributed by atoms with E-state index >= 15 is 0 Å². The van der Waals surface area contributed by atoms with E-state index in [-0.39, 0.29) is 16.4 Å². The number of carbonyl (C=O) groups is 1. The minimum atomic E-state index is -1.08. The number of thiazole rings is 1. The number of rotatable bonds is 5. The number of nitrogens with zero attached hydrogens (tertiary/aromatic N) is 2. The first kappa shape index (κ1) is 15.2. The maximum Gasteiger partial charge on any atom is 0.355 e. The Morgan fingerprint density at radius 2 is 2.29 bits per heavy atom. The van der Waals surface area contributed by atoms with Crippen molar-refractivity contribution in [1.82, 2.24) is 4.98 Å². The summed E-state index contributed by atoms with van der Waals surface area (Å²) >= 11 is 7.07. The fourth-order valence-electron chi connectivity index (χ4n) is 1.66. The molecule has 2 N–H and O–H groups in total. The number of halogens is 1. The largest absolute Gasteiger partial charge is 0.476 e. The minimum absolute atomic E-state index is 0.00439. The summed E-state index contributed by atoms with van der Waals surface area (Å²) in [4.78, 5) is 24.9. The van der Waals surface area contributed by atoms with E-state index in [1.165, 1.54) is 28.8 Å². The summed E-state index contributed by atoms with van der Waals surface area (Å²) in [6.07, 6.45) is 0. The fraction of sp³-hybridized carbons (Fsp3) is 0.167. The predicted octanol–water partition coefficient (Wildman–Crippen LogP) is 3.32. The lowest BCUT2D eigenvalue weighted by atomic mass is 10.2. The van der Waals surface area contributed by atoms with Crippen molar-refractivity contribution < 1.29 is 14.8 Å². The molecular formula is C12H10ClN3O4S. The molecule has 0 radical (unpaired) electrons. The lowest BCUT2D eigenvalue weighted by Crippen LogP contribution is -2.03. The molecule has 0 aliphatic rings. The fourth-order valence-corrected chi connectivity index (χ4v) is 2.60. The van der Waals surface area contributed by atoms with E-state index in [1.54, 1.807) is 6.92 Å². The highest BCUT2D eigenvalue weighted by Gasteiger charge is 2.15. The average molecular weight is 328 g/mol. The molecule has 1 aromatic carbocycles. The summed E-state index contributed by atoms with van der Waals surface area (Å²) in [6, 6.07) is 2.86. The van der Waals surface area contributed by atoms with Crippen LogP contribution in [0.2, 0.25) is 5.02 Å². The molecule has 21 heavy (non-hydrogen) atoms. The Bertz CT molecular complexity index is 717. The number of benzene rings is 1. The van der Waals surface area contributed by atoms with Crippen molar-refractivity contribution in [2.45, 2.75) is 13.5 Å². The molecule has 0 aliphatic carbocycles. The zero-order valence-electron chi connectivity index (χ0n) is 10.8. The molecule has 2 aromatic rings. The first-order valence-corrected chi connectivity index (χ1v) is 7.00. The van der Waals surface area contributed by atoms with Gasteiger partial charge >= 0.3 is 5.97 Å². The van der Waals surface area contributed by atoms with Crippen LogP contribution in [-0.4, -0.2) is 21.0 Å². The van der Waals surface area contributed by atoms with Crippen LogP contribution in [-0.2, 0) is 6.54 Å². The second kappa shape index (κ2) is 6.06. The molecule has 1 heterocycles. The van der Waals surface area contributed by atoms with E-state index in [0.717, 1.165) is 0 Å². The number of hydrogen-bond acceptors (Lipinski definition) is 6. The van der Waals surface area contributed by atoms with Gasteiger partial charge in [-0.3, -0.25) is 10.1 Å². The standard InChI is InChI=1S/C12H10ClN3O4S/c1-6-2-10(16(19)20)7(13)3-8(6)14-4-11-15-9(5-21-11)12(17)18/h2-3,5,14H,4H2,1H3,(H,17,18). The van der Waals surface area contributed by atoms with E-state index in [1.807, 2.05) is 0 Å². The Hall–Kier alpha value is -2.19. The van der Waals surface area contributed by atoms with Crippen LogP contribution in [0.15, 0.2) is 17.5 Å². The van der Waals surface area contributed by atoms with Crippen molar-refractivity contribution in [1.29, 1.82) is 0 Å². The molecule has 1 aromatic heterocycles. The van der Waals surface area contributed by atoms with Gasteiger partial charge in [0.1, 0.15) is 10.0 Å². The van der Waals surface area contributed by atoms with Gasteiger partial charge in [-0.2, -0.15) is 0 Å². The van der Waals surface area contributed by atoms with Crippen molar-refractivity contribution in [2.75, 3.05) is 5.32 Å². The quantitative estimate of drug-likeness (QED) is 0.644. The van der Waals surface area contributed by atoms with E-state index in [9.17, 15) is 14.9 Å². The number of carboxylic acid groups (broad SMARTS) is 1. The summed E-state index contributed by atoms with van der Waals surface area (Å²) in [5, 5.41) is 24.7. The van der Waals surface area contributed by atoms with Crippen molar-refractivity contribution in [3.63, 3.8) is 0 Å². The Labute approximate surface area is 128 Å². The Balaban J connectivity index is 2.14. The monoisotopic (exact) mass is 327 g/mol.